The summed E-state index contributed by atoms with van der Waals surface area (Å²) in [5.74, 6) is 1.46. The summed E-state index contributed by atoms with van der Waals surface area (Å²) in [6.45, 7) is 5.19. The van der Waals surface area contributed by atoms with Gasteiger partial charge in [-0.05, 0) is 26.3 Å². The van der Waals surface area contributed by atoms with Crippen LogP contribution in [0.1, 0.15) is 26.2 Å². The highest BCUT2D eigenvalue weighted by molar-refractivity contribution is 5.37. The molecule has 0 bridgehead atoms. The molecule has 5 heteroatoms. The Morgan fingerprint density at radius 1 is 1.44 bits per heavy atom. The summed E-state index contributed by atoms with van der Waals surface area (Å²) in [5.41, 5.74) is 0. The Hall–Kier alpha value is -1.36. The van der Waals surface area contributed by atoms with Gasteiger partial charge in [0, 0.05) is 19.1 Å². The number of hydrogen-bond donors (Lipinski definition) is 1. The number of nitrogens with one attached hydrogen (secondary N) is 1. The van der Waals surface area contributed by atoms with Crippen molar-refractivity contribution in [1.29, 1.82) is 0 Å². The first-order valence-corrected chi connectivity index (χ1v) is 6.68. The average Bonchev–Trinajstić information content (AvgIpc) is 2.46. The molecule has 18 heavy (non-hydrogen) atoms. The smallest absolute Gasteiger partial charge is 0.233 e. The zero-order valence-corrected chi connectivity index (χ0v) is 11.2. The number of aromatic nitrogens is 2. The van der Waals surface area contributed by atoms with Gasteiger partial charge in [-0.15, -0.1) is 0 Å². The SMILES string of the molecule is CCN(CC1CCCCN1)c1cncc(OC)n1. The van der Waals surface area contributed by atoms with Crippen LogP contribution in [0.2, 0.25) is 0 Å². The minimum Gasteiger partial charge on any atom is -0.480 e. The molecular weight excluding hydrogens is 228 g/mol. The van der Waals surface area contributed by atoms with Crippen molar-refractivity contribution in [3.63, 3.8) is 0 Å². The van der Waals surface area contributed by atoms with Crippen molar-refractivity contribution in [2.24, 2.45) is 0 Å². The molecule has 1 aromatic heterocycles. The molecule has 2 heterocycles. The molecule has 0 aromatic carbocycles. The second-order valence-corrected chi connectivity index (χ2v) is 4.61. The molecule has 5 nitrogen and oxygen atoms in total. The summed E-state index contributed by atoms with van der Waals surface area (Å²) in [4.78, 5) is 10.9. The Morgan fingerprint density at radius 3 is 3.00 bits per heavy atom. The van der Waals surface area contributed by atoms with Gasteiger partial charge in [0.05, 0.1) is 19.5 Å². The zero-order valence-electron chi connectivity index (χ0n) is 11.2. The van der Waals surface area contributed by atoms with Crippen LogP contribution in [0, 0.1) is 0 Å². The van der Waals surface area contributed by atoms with Gasteiger partial charge < -0.3 is 15.0 Å². The van der Waals surface area contributed by atoms with Crippen molar-refractivity contribution >= 4 is 5.82 Å². The van der Waals surface area contributed by atoms with Crippen LogP contribution in [0.15, 0.2) is 12.4 Å². The highest BCUT2D eigenvalue weighted by Crippen LogP contribution is 2.16. The van der Waals surface area contributed by atoms with Crippen LogP contribution < -0.4 is 15.0 Å². The van der Waals surface area contributed by atoms with Gasteiger partial charge in [0.25, 0.3) is 0 Å². The Labute approximate surface area is 109 Å². The summed E-state index contributed by atoms with van der Waals surface area (Å²) < 4.78 is 5.12. The Kier molecular flexibility index (Phi) is 4.75. The monoisotopic (exact) mass is 250 g/mol. The fourth-order valence-electron chi connectivity index (χ4n) is 2.32. The molecule has 1 atom stereocenters. The van der Waals surface area contributed by atoms with Crippen LogP contribution in [0.3, 0.4) is 0 Å². The fourth-order valence-corrected chi connectivity index (χ4v) is 2.32. The van der Waals surface area contributed by atoms with E-state index in [2.05, 4.69) is 27.1 Å². The summed E-state index contributed by atoms with van der Waals surface area (Å²) in [6.07, 6.45) is 7.29. The predicted molar refractivity (Wildman–Crippen MR) is 72.1 cm³/mol. The molecule has 0 aliphatic carbocycles. The lowest BCUT2D eigenvalue weighted by Crippen LogP contribution is -2.44. The molecule has 1 fully saturated rings. The maximum Gasteiger partial charge on any atom is 0.233 e. The number of piperidine rings is 1. The van der Waals surface area contributed by atoms with Crippen molar-refractivity contribution in [3.05, 3.63) is 12.4 Å². The lowest BCUT2D eigenvalue weighted by atomic mass is 10.0. The lowest BCUT2D eigenvalue weighted by Gasteiger charge is -2.30. The first kappa shape index (κ1) is 13.1. The summed E-state index contributed by atoms with van der Waals surface area (Å²) in [7, 11) is 1.62. The van der Waals surface area contributed by atoms with E-state index in [9.17, 15) is 0 Å². The highest BCUT2D eigenvalue weighted by Gasteiger charge is 2.17. The largest absolute Gasteiger partial charge is 0.480 e. The first-order valence-electron chi connectivity index (χ1n) is 6.68. The molecule has 0 amide bonds. The van der Waals surface area contributed by atoms with Crippen molar-refractivity contribution in [3.8, 4) is 5.88 Å². The maximum absolute atomic E-state index is 5.12. The number of rotatable bonds is 5. The van der Waals surface area contributed by atoms with E-state index in [0.29, 0.717) is 11.9 Å². The molecule has 1 N–H and O–H groups in total. The molecule has 1 aromatic rings. The third kappa shape index (κ3) is 3.32. The third-order valence-corrected chi connectivity index (χ3v) is 3.37. The van der Waals surface area contributed by atoms with Crippen LogP contribution in [-0.2, 0) is 0 Å². The van der Waals surface area contributed by atoms with E-state index in [1.807, 2.05) is 0 Å². The van der Waals surface area contributed by atoms with Gasteiger partial charge in [0.2, 0.25) is 5.88 Å². The standard InChI is InChI=1S/C13H22N4O/c1-3-17(10-11-6-4-5-7-15-11)12-8-14-9-13(16-12)18-2/h8-9,11,15H,3-7,10H2,1-2H3. The van der Waals surface area contributed by atoms with Gasteiger partial charge in [-0.25, -0.2) is 0 Å². The molecule has 1 saturated heterocycles. The number of ether oxygens (including phenoxy) is 1. The van der Waals surface area contributed by atoms with Gasteiger partial charge in [-0.2, -0.15) is 4.98 Å². The second kappa shape index (κ2) is 6.54. The predicted octanol–water partition coefficient (Wildman–Crippen LogP) is 1.45. The molecule has 100 valence electrons. The van der Waals surface area contributed by atoms with Gasteiger partial charge in [0.1, 0.15) is 0 Å². The van der Waals surface area contributed by atoms with Crippen LogP contribution in [0.4, 0.5) is 5.82 Å². The topological polar surface area (TPSA) is 50.3 Å². The zero-order chi connectivity index (χ0) is 12.8. The molecule has 1 aliphatic rings. The first-order chi connectivity index (χ1) is 8.83. The van der Waals surface area contributed by atoms with Crippen molar-refractivity contribution < 1.29 is 4.74 Å². The summed E-state index contributed by atoms with van der Waals surface area (Å²) in [6, 6.07) is 0.562. The van der Waals surface area contributed by atoms with E-state index in [4.69, 9.17) is 4.74 Å². The van der Waals surface area contributed by atoms with Crippen molar-refractivity contribution in [1.82, 2.24) is 15.3 Å². The molecule has 2 rings (SSSR count). The van der Waals surface area contributed by atoms with Crippen LogP contribution in [0.25, 0.3) is 0 Å². The Bertz CT molecular complexity index is 366. The highest BCUT2D eigenvalue weighted by atomic mass is 16.5. The molecule has 1 unspecified atom stereocenters. The molecule has 0 saturated carbocycles. The molecule has 1 aliphatic heterocycles. The molecule has 0 radical (unpaired) electrons. The van der Waals surface area contributed by atoms with Crippen LogP contribution >= 0.6 is 0 Å². The third-order valence-electron chi connectivity index (χ3n) is 3.37. The van der Waals surface area contributed by atoms with E-state index < -0.39 is 0 Å². The summed E-state index contributed by atoms with van der Waals surface area (Å²) in [5, 5.41) is 3.56. The fraction of sp³-hybridized carbons (Fsp3) is 0.692. The van der Waals surface area contributed by atoms with Gasteiger partial charge >= 0.3 is 0 Å². The van der Waals surface area contributed by atoms with E-state index in [1.54, 1.807) is 19.5 Å². The number of nitrogens with zero attached hydrogens (tertiary/aromatic N) is 3. The van der Waals surface area contributed by atoms with Crippen LogP contribution in [0.5, 0.6) is 5.88 Å². The number of likely N-dealkylation sites (N-methyl/N-ethyl adjacent to an activating group) is 1. The number of methoxy groups -OCH3 is 1. The normalized spacial score (nSPS) is 19.6. The van der Waals surface area contributed by atoms with E-state index >= 15 is 0 Å². The Balaban J connectivity index is 2.02. The van der Waals surface area contributed by atoms with Gasteiger partial charge in [0.15, 0.2) is 5.82 Å². The lowest BCUT2D eigenvalue weighted by molar-refractivity contribution is 0.390. The van der Waals surface area contributed by atoms with E-state index in [1.165, 1.54) is 19.3 Å². The average molecular weight is 250 g/mol. The van der Waals surface area contributed by atoms with Crippen molar-refractivity contribution in [2.45, 2.75) is 32.2 Å². The number of hydrogen-bond acceptors (Lipinski definition) is 5. The minimum atomic E-state index is 0.562. The quantitative estimate of drug-likeness (QED) is 0.857. The van der Waals surface area contributed by atoms with Gasteiger partial charge in [-0.3, -0.25) is 4.98 Å². The molecular formula is C13H22N4O. The molecule has 0 spiro atoms. The van der Waals surface area contributed by atoms with Gasteiger partial charge in [-0.1, -0.05) is 6.42 Å². The van der Waals surface area contributed by atoms with Crippen LogP contribution in [-0.4, -0.2) is 42.8 Å². The van der Waals surface area contributed by atoms with E-state index in [-0.39, 0.29) is 0 Å². The Morgan fingerprint density at radius 2 is 2.33 bits per heavy atom. The minimum absolute atomic E-state index is 0.562. The van der Waals surface area contributed by atoms with E-state index in [0.717, 1.165) is 25.5 Å². The number of anilines is 1. The summed E-state index contributed by atoms with van der Waals surface area (Å²) >= 11 is 0. The second-order valence-electron chi connectivity index (χ2n) is 4.61. The maximum atomic E-state index is 5.12. The van der Waals surface area contributed by atoms with Crippen molar-refractivity contribution in [2.75, 3.05) is 31.6 Å².